The van der Waals surface area contributed by atoms with E-state index in [2.05, 4.69) is 13.5 Å². The molecule has 0 aliphatic rings. The van der Waals surface area contributed by atoms with Gasteiger partial charge in [-0.25, -0.2) is 0 Å². The average molecular weight is 278 g/mol. The molecule has 1 heteroatoms. The van der Waals surface area contributed by atoms with Gasteiger partial charge >= 0.3 is 0 Å². The van der Waals surface area contributed by atoms with Gasteiger partial charge in [0.25, 0.3) is 0 Å². The van der Waals surface area contributed by atoms with Crippen molar-refractivity contribution in [1.29, 1.82) is 0 Å². The van der Waals surface area contributed by atoms with E-state index in [0.717, 1.165) is 0 Å². The molecule has 0 saturated carbocycles. The Balaban J connectivity index is 0. The molecule has 0 radical (unpaired) electrons. The fourth-order valence-electron chi connectivity index (χ4n) is 0. The summed E-state index contributed by atoms with van der Waals surface area (Å²) in [6.07, 6.45) is 1.83. The Bertz CT molecular complexity index is 49.7. The van der Waals surface area contributed by atoms with Crippen molar-refractivity contribution in [1.82, 2.24) is 0 Å². The Labute approximate surface area is 60.3 Å². The van der Waals surface area contributed by atoms with Crippen molar-refractivity contribution in [2.24, 2.45) is 5.41 Å². The Morgan fingerprint density at radius 2 is 1.71 bits per heavy atom. The minimum absolute atomic E-state index is 0. The van der Waals surface area contributed by atoms with E-state index < -0.39 is 0 Å². The van der Waals surface area contributed by atoms with Crippen LogP contribution in [-0.4, -0.2) is 0 Å². The minimum Gasteiger partial charge on any atom is -0.334 e. The Hall–Kier alpha value is 0.428. The zero-order valence-corrected chi connectivity index (χ0v) is 7.08. The monoisotopic (exact) mass is 278 g/mol. The van der Waals surface area contributed by atoms with Crippen LogP contribution in [0.1, 0.15) is 13.8 Å². The van der Waals surface area contributed by atoms with Crippen LogP contribution in [0.15, 0.2) is 12.7 Å². The first-order chi connectivity index (χ1) is 2.56. The van der Waals surface area contributed by atoms with E-state index in [1.165, 1.54) is 0 Å². The van der Waals surface area contributed by atoms with Gasteiger partial charge in [0.15, 0.2) is 0 Å². The maximum absolute atomic E-state index is 3.77. The third-order valence-corrected chi connectivity index (χ3v) is 0.553. The van der Waals surface area contributed by atoms with Crippen molar-refractivity contribution in [3.63, 3.8) is 0 Å². The fraction of sp³-hybridized carbons (Fsp3) is 0.500. The van der Waals surface area contributed by atoms with Crippen molar-refractivity contribution in [3.05, 3.63) is 19.6 Å². The van der Waals surface area contributed by atoms with Gasteiger partial charge in [0.1, 0.15) is 0 Å². The van der Waals surface area contributed by atoms with Crippen LogP contribution in [0.5, 0.6) is 0 Å². The second-order valence-electron chi connectivity index (χ2n) is 2.19. The van der Waals surface area contributed by atoms with E-state index in [1.807, 2.05) is 19.9 Å². The van der Waals surface area contributed by atoms with Crippen LogP contribution in [0, 0.1) is 12.3 Å². The molecule has 0 saturated heterocycles. The average Bonchev–Trinajstić information content (AvgIpc) is 1.35. The summed E-state index contributed by atoms with van der Waals surface area (Å²) in [4.78, 5) is 0. The quantitative estimate of drug-likeness (QED) is 0.508. The van der Waals surface area contributed by atoms with E-state index >= 15 is 0 Å². The van der Waals surface area contributed by atoms with Gasteiger partial charge in [0.05, 0.1) is 0 Å². The summed E-state index contributed by atoms with van der Waals surface area (Å²) < 4.78 is 0. The zero-order valence-electron chi connectivity index (χ0n) is 4.81. The van der Waals surface area contributed by atoms with Gasteiger partial charge < -0.3 is 6.92 Å². The molecule has 0 heterocycles. The van der Waals surface area contributed by atoms with Crippen LogP contribution >= 0.6 is 0 Å². The summed E-state index contributed by atoms with van der Waals surface area (Å²) in [5, 5.41) is 0. The first kappa shape index (κ1) is 10.4. The van der Waals surface area contributed by atoms with Gasteiger partial charge in [0, 0.05) is 21.1 Å². The van der Waals surface area contributed by atoms with Crippen molar-refractivity contribution in [3.8, 4) is 0 Å². The van der Waals surface area contributed by atoms with Crippen molar-refractivity contribution >= 4 is 0 Å². The smallest absolute Gasteiger partial charge is 0 e. The molecular weight excluding hydrogens is 267 g/mol. The molecule has 0 fully saturated rings. The van der Waals surface area contributed by atoms with Crippen molar-refractivity contribution in [2.75, 3.05) is 0 Å². The largest absolute Gasteiger partial charge is 0.334 e. The molecule has 46 valence electrons. The van der Waals surface area contributed by atoms with E-state index in [-0.39, 0.29) is 26.5 Å². The van der Waals surface area contributed by atoms with Gasteiger partial charge in [-0.15, -0.1) is 18.1 Å². The maximum atomic E-state index is 3.77. The third kappa shape index (κ3) is 10.7. The second kappa shape index (κ2) is 3.43. The topological polar surface area (TPSA) is 0 Å². The minimum atomic E-state index is 0. The van der Waals surface area contributed by atoms with Gasteiger partial charge in [-0.2, -0.15) is 0 Å². The Kier molecular flexibility index (Phi) is 5.11. The van der Waals surface area contributed by atoms with Crippen LogP contribution in [0.25, 0.3) is 0 Å². The molecule has 7 heavy (non-hydrogen) atoms. The predicted octanol–water partition coefficient (Wildman–Crippen LogP) is 2.03. The summed E-state index contributed by atoms with van der Waals surface area (Å²) in [5.41, 5.74) is 0.0556. The summed E-state index contributed by atoms with van der Waals surface area (Å²) in [5.74, 6) is 0. The van der Waals surface area contributed by atoms with Crippen LogP contribution in [0.3, 0.4) is 0 Å². The summed E-state index contributed by atoms with van der Waals surface area (Å²) in [6, 6.07) is 0. The van der Waals surface area contributed by atoms with Gasteiger partial charge in [0.2, 0.25) is 0 Å². The van der Waals surface area contributed by atoms with Gasteiger partial charge in [-0.3, -0.25) is 0 Å². The van der Waals surface area contributed by atoms with Gasteiger partial charge in [-0.05, 0) is 0 Å². The predicted molar refractivity (Wildman–Crippen MR) is 29.3 cm³/mol. The summed E-state index contributed by atoms with van der Waals surface area (Å²) in [6.45, 7) is 11.4. The van der Waals surface area contributed by atoms with E-state index in [9.17, 15) is 0 Å². The van der Waals surface area contributed by atoms with Crippen LogP contribution < -0.4 is 0 Å². The van der Waals surface area contributed by atoms with Gasteiger partial charge in [-0.1, -0.05) is 13.8 Å². The Morgan fingerprint density at radius 3 is 1.71 bits per heavy atom. The van der Waals surface area contributed by atoms with E-state index in [4.69, 9.17) is 0 Å². The third-order valence-electron chi connectivity index (χ3n) is 0.553. The van der Waals surface area contributed by atoms with Crippen LogP contribution in [-0.2, 0) is 21.1 Å². The molecular formula is C6H11Pt-. The number of rotatable bonds is 1. The standard InChI is InChI=1S/C6H11.Pt/c1-5-6(2,3)4;/h5H,1-2H2,3-4H3;/q-1;. The van der Waals surface area contributed by atoms with Crippen LogP contribution in [0.2, 0.25) is 0 Å². The molecule has 0 amide bonds. The maximum Gasteiger partial charge on any atom is 0 e. The molecule has 0 N–H and O–H groups in total. The summed E-state index contributed by atoms with van der Waals surface area (Å²) >= 11 is 0. The first-order valence-corrected chi connectivity index (χ1v) is 2.05. The summed E-state index contributed by atoms with van der Waals surface area (Å²) in [7, 11) is 0. The molecule has 0 aliphatic heterocycles. The second-order valence-corrected chi connectivity index (χ2v) is 2.19. The van der Waals surface area contributed by atoms with E-state index in [1.54, 1.807) is 0 Å². The zero-order chi connectivity index (χ0) is 5.21. The molecule has 0 unspecified atom stereocenters. The molecule has 0 atom stereocenters. The SMILES string of the molecule is C=CC([CH2-])(C)C.[Pt]. The molecule has 0 spiro atoms. The van der Waals surface area contributed by atoms with Crippen molar-refractivity contribution < 1.29 is 21.1 Å². The van der Waals surface area contributed by atoms with Crippen molar-refractivity contribution in [2.45, 2.75) is 13.8 Å². The molecule has 0 bridgehead atoms. The molecule has 0 aliphatic carbocycles. The van der Waals surface area contributed by atoms with E-state index in [0.29, 0.717) is 0 Å². The molecule has 0 aromatic rings. The normalized spacial score (nSPS) is 9.57. The van der Waals surface area contributed by atoms with Crippen LogP contribution in [0.4, 0.5) is 0 Å². The number of hydrogen-bond acceptors (Lipinski definition) is 0. The number of hydrogen-bond donors (Lipinski definition) is 0. The molecule has 0 aromatic heterocycles. The molecule has 0 rings (SSSR count). The molecule has 0 nitrogen and oxygen atoms in total. The number of allylic oxidation sites excluding steroid dienone is 1. The first-order valence-electron chi connectivity index (χ1n) is 2.05. The molecule has 0 aromatic carbocycles. The Morgan fingerprint density at radius 1 is 1.57 bits per heavy atom. The fourth-order valence-corrected chi connectivity index (χ4v) is 0.